The largest absolute Gasteiger partial charge is 0.396 e. The van der Waals surface area contributed by atoms with Crippen molar-refractivity contribution < 1.29 is 5.11 Å². The maximum absolute atomic E-state index is 9.81. The van der Waals surface area contributed by atoms with Crippen LogP contribution in [0.4, 0.5) is 5.82 Å². The van der Waals surface area contributed by atoms with Gasteiger partial charge in [-0.3, -0.25) is 0 Å². The van der Waals surface area contributed by atoms with E-state index in [1.54, 1.807) is 6.20 Å². The van der Waals surface area contributed by atoms with Crippen LogP contribution in [0.1, 0.15) is 20.3 Å². The van der Waals surface area contributed by atoms with E-state index >= 15 is 0 Å². The fourth-order valence-corrected chi connectivity index (χ4v) is 4.32. The van der Waals surface area contributed by atoms with E-state index < -0.39 is 0 Å². The summed E-state index contributed by atoms with van der Waals surface area (Å²) in [7, 11) is 2.01. The molecule has 0 unspecified atom stereocenters. The molecule has 0 saturated carbocycles. The molecular formula is C21H25ClN4O. The third-order valence-electron chi connectivity index (χ3n) is 6.20. The normalized spacial score (nSPS) is 22.7. The number of aliphatic hydroxyl groups excluding tert-OH is 1. The SMILES string of the molecule is CC[C@]1(C)CN(c2cc(-c3nc4ccccc4n3C)c(Cl)cn2)C[C@H]1CO. The summed E-state index contributed by atoms with van der Waals surface area (Å²) in [4.78, 5) is 11.6. The lowest BCUT2D eigenvalue weighted by Crippen LogP contribution is -2.28. The highest BCUT2D eigenvalue weighted by molar-refractivity contribution is 6.33. The quantitative estimate of drug-likeness (QED) is 0.734. The van der Waals surface area contributed by atoms with Crippen LogP contribution in [-0.2, 0) is 7.05 Å². The standard InChI is InChI=1S/C21H25ClN4O/c1-4-21(2)13-26(11-14(21)12-27)19-9-15(16(22)10-23-19)20-24-17-7-5-6-8-18(17)25(20)3/h5-10,14,27H,4,11-13H2,1-3H3/t14-,21+/m0/s1. The van der Waals surface area contributed by atoms with Gasteiger partial charge in [0.1, 0.15) is 11.6 Å². The Morgan fingerprint density at radius 2 is 2.11 bits per heavy atom. The topological polar surface area (TPSA) is 54.2 Å². The lowest BCUT2D eigenvalue weighted by atomic mass is 9.78. The van der Waals surface area contributed by atoms with Crippen molar-refractivity contribution in [3.63, 3.8) is 0 Å². The molecule has 4 rings (SSSR count). The Morgan fingerprint density at radius 1 is 1.33 bits per heavy atom. The van der Waals surface area contributed by atoms with Crippen molar-refractivity contribution in [1.82, 2.24) is 14.5 Å². The van der Waals surface area contributed by atoms with Crippen LogP contribution in [0.15, 0.2) is 36.5 Å². The molecule has 0 aliphatic carbocycles. The number of hydrogen-bond donors (Lipinski definition) is 1. The second kappa shape index (κ2) is 6.80. The van der Waals surface area contributed by atoms with Crippen LogP contribution < -0.4 is 4.90 Å². The van der Waals surface area contributed by atoms with Gasteiger partial charge in [-0.15, -0.1) is 0 Å². The van der Waals surface area contributed by atoms with Gasteiger partial charge >= 0.3 is 0 Å². The molecule has 2 atom stereocenters. The van der Waals surface area contributed by atoms with Gasteiger partial charge in [0.05, 0.1) is 16.1 Å². The Morgan fingerprint density at radius 3 is 2.78 bits per heavy atom. The predicted molar refractivity (Wildman–Crippen MR) is 110 cm³/mol. The molecule has 27 heavy (non-hydrogen) atoms. The van der Waals surface area contributed by atoms with Crippen LogP contribution in [0.2, 0.25) is 5.02 Å². The van der Waals surface area contributed by atoms with E-state index in [1.807, 2.05) is 31.3 Å². The van der Waals surface area contributed by atoms with Crippen LogP contribution in [0.3, 0.4) is 0 Å². The predicted octanol–water partition coefficient (Wildman–Crippen LogP) is 4.13. The number of nitrogens with zero attached hydrogens (tertiary/aromatic N) is 4. The Balaban J connectivity index is 1.75. The molecule has 0 amide bonds. The second-order valence-corrected chi connectivity index (χ2v) is 8.18. The van der Waals surface area contributed by atoms with Crippen molar-refractivity contribution in [1.29, 1.82) is 0 Å². The summed E-state index contributed by atoms with van der Waals surface area (Å²) in [5.74, 6) is 1.97. The van der Waals surface area contributed by atoms with Gasteiger partial charge in [-0.05, 0) is 30.0 Å². The number of halogens is 1. The second-order valence-electron chi connectivity index (χ2n) is 7.77. The van der Waals surface area contributed by atoms with Crippen molar-refractivity contribution in [2.75, 3.05) is 24.6 Å². The first-order valence-electron chi connectivity index (χ1n) is 9.40. The number of anilines is 1. The van der Waals surface area contributed by atoms with Gasteiger partial charge in [-0.25, -0.2) is 9.97 Å². The third-order valence-corrected chi connectivity index (χ3v) is 6.50. The summed E-state index contributed by atoms with van der Waals surface area (Å²) < 4.78 is 2.07. The van der Waals surface area contributed by atoms with E-state index in [1.165, 1.54) is 0 Å². The Kier molecular flexibility index (Phi) is 4.60. The lowest BCUT2D eigenvalue weighted by molar-refractivity contribution is 0.143. The van der Waals surface area contributed by atoms with Crippen LogP contribution in [0.25, 0.3) is 22.4 Å². The fraction of sp³-hybridized carbons (Fsp3) is 0.429. The lowest BCUT2D eigenvalue weighted by Gasteiger charge is -2.27. The molecular weight excluding hydrogens is 360 g/mol. The number of pyridine rings is 1. The number of benzene rings is 1. The highest BCUT2D eigenvalue weighted by atomic mass is 35.5. The summed E-state index contributed by atoms with van der Waals surface area (Å²) in [5, 5.41) is 10.4. The zero-order valence-electron chi connectivity index (χ0n) is 16.0. The third kappa shape index (κ3) is 2.99. The van der Waals surface area contributed by atoms with Gasteiger partial charge in [0.2, 0.25) is 0 Å². The van der Waals surface area contributed by atoms with Gasteiger partial charge in [0.25, 0.3) is 0 Å². The molecule has 142 valence electrons. The van der Waals surface area contributed by atoms with Crippen LogP contribution in [-0.4, -0.2) is 39.3 Å². The molecule has 1 saturated heterocycles. The van der Waals surface area contributed by atoms with Gasteiger partial charge < -0.3 is 14.6 Å². The molecule has 1 aromatic carbocycles. The first kappa shape index (κ1) is 18.3. The molecule has 3 heterocycles. The van der Waals surface area contributed by atoms with Crippen LogP contribution in [0.5, 0.6) is 0 Å². The van der Waals surface area contributed by atoms with Gasteiger partial charge in [-0.1, -0.05) is 37.6 Å². The minimum absolute atomic E-state index is 0.0914. The molecule has 3 aromatic rings. The number of aromatic nitrogens is 3. The van der Waals surface area contributed by atoms with E-state index in [0.717, 1.165) is 47.7 Å². The maximum atomic E-state index is 9.81. The molecule has 0 radical (unpaired) electrons. The zero-order chi connectivity index (χ0) is 19.2. The molecule has 5 nitrogen and oxygen atoms in total. The minimum Gasteiger partial charge on any atom is -0.396 e. The van der Waals surface area contributed by atoms with E-state index in [-0.39, 0.29) is 17.9 Å². The van der Waals surface area contributed by atoms with Crippen molar-refractivity contribution in [2.24, 2.45) is 18.4 Å². The van der Waals surface area contributed by atoms with Crippen LogP contribution in [0, 0.1) is 11.3 Å². The molecule has 2 aromatic heterocycles. The molecule has 1 N–H and O–H groups in total. The number of para-hydroxylation sites is 2. The minimum atomic E-state index is 0.0914. The number of aliphatic hydroxyl groups is 1. The maximum Gasteiger partial charge on any atom is 0.142 e. The molecule has 1 aliphatic rings. The fourth-order valence-electron chi connectivity index (χ4n) is 4.13. The zero-order valence-corrected chi connectivity index (χ0v) is 16.7. The van der Waals surface area contributed by atoms with E-state index in [9.17, 15) is 5.11 Å². The van der Waals surface area contributed by atoms with E-state index in [0.29, 0.717) is 5.02 Å². The van der Waals surface area contributed by atoms with Gasteiger partial charge in [-0.2, -0.15) is 0 Å². The number of hydrogen-bond acceptors (Lipinski definition) is 4. The monoisotopic (exact) mass is 384 g/mol. The number of aryl methyl sites for hydroxylation is 1. The average Bonchev–Trinajstić information content (AvgIpc) is 3.20. The van der Waals surface area contributed by atoms with Crippen molar-refractivity contribution in [3.05, 3.63) is 41.6 Å². The van der Waals surface area contributed by atoms with E-state index in [2.05, 4.69) is 34.4 Å². The Labute approximate surface area is 164 Å². The Bertz CT molecular complexity index is 985. The molecule has 0 bridgehead atoms. The molecule has 1 fully saturated rings. The summed E-state index contributed by atoms with van der Waals surface area (Å²) in [6, 6.07) is 10.1. The highest BCUT2D eigenvalue weighted by Crippen LogP contribution is 2.41. The van der Waals surface area contributed by atoms with Crippen molar-refractivity contribution >= 4 is 28.5 Å². The van der Waals surface area contributed by atoms with Crippen molar-refractivity contribution in [2.45, 2.75) is 20.3 Å². The summed E-state index contributed by atoms with van der Waals surface area (Å²) in [6.07, 6.45) is 2.74. The molecule has 6 heteroatoms. The first-order valence-corrected chi connectivity index (χ1v) is 9.78. The molecule has 0 spiro atoms. The number of rotatable bonds is 4. The Hall–Kier alpha value is -2.11. The number of fused-ring (bicyclic) bond motifs is 1. The first-order chi connectivity index (χ1) is 13.0. The van der Waals surface area contributed by atoms with Gasteiger partial charge in [0.15, 0.2) is 0 Å². The molecule has 1 aliphatic heterocycles. The van der Waals surface area contributed by atoms with Crippen molar-refractivity contribution in [3.8, 4) is 11.4 Å². The number of imidazole rings is 1. The summed E-state index contributed by atoms with van der Waals surface area (Å²) in [6.45, 7) is 6.32. The summed E-state index contributed by atoms with van der Waals surface area (Å²) in [5.41, 5.74) is 2.99. The van der Waals surface area contributed by atoms with Crippen LogP contribution >= 0.6 is 11.6 Å². The average molecular weight is 385 g/mol. The van der Waals surface area contributed by atoms with Gasteiger partial charge in [0, 0.05) is 44.4 Å². The highest BCUT2D eigenvalue weighted by Gasteiger charge is 2.41. The smallest absolute Gasteiger partial charge is 0.142 e. The van der Waals surface area contributed by atoms with E-state index in [4.69, 9.17) is 16.6 Å². The summed E-state index contributed by atoms with van der Waals surface area (Å²) >= 11 is 6.50.